The van der Waals surface area contributed by atoms with Crippen LogP contribution in [-0.4, -0.2) is 30.3 Å². The zero-order valence-corrected chi connectivity index (χ0v) is 18.7. The molecular formula is C26H26N2O5. The molecule has 0 unspecified atom stereocenters. The number of benzene rings is 2. The number of aryl methyl sites for hydroxylation is 1. The van der Waals surface area contributed by atoms with E-state index in [9.17, 15) is 19.2 Å². The van der Waals surface area contributed by atoms with Crippen molar-refractivity contribution < 1.29 is 23.9 Å². The molecule has 5 rings (SSSR count). The zero-order chi connectivity index (χ0) is 23.3. The second kappa shape index (κ2) is 8.14. The summed E-state index contributed by atoms with van der Waals surface area (Å²) in [6.45, 7) is 3.42. The molecule has 170 valence electrons. The fourth-order valence-electron chi connectivity index (χ4n) is 5.72. The van der Waals surface area contributed by atoms with E-state index in [1.165, 1.54) is 11.0 Å². The first-order valence-corrected chi connectivity index (χ1v) is 11.4. The standard InChI is InChI=1S/C26H26N2O5/c1-14-5-3-8-20(15(14)2)27-21(29)13-33-26(32)18-6-4-7-19(12-18)28-24(30)22-16-9-10-17(11-16)23(22)25(28)31/h3-8,12,16-17,22-23H,9-11,13H2,1-2H3,(H,27,29)/t16-,17-,22-,23-/m0/s1. The number of ether oxygens (including phenoxy) is 1. The van der Waals surface area contributed by atoms with Gasteiger partial charge in [-0.1, -0.05) is 18.2 Å². The number of rotatable bonds is 5. The molecule has 1 saturated heterocycles. The van der Waals surface area contributed by atoms with Crippen molar-refractivity contribution in [2.45, 2.75) is 33.1 Å². The molecule has 1 heterocycles. The molecule has 7 heteroatoms. The molecule has 2 aromatic rings. The van der Waals surface area contributed by atoms with Gasteiger partial charge < -0.3 is 10.1 Å². The van der Waals surface area contributed by atoms with Crippen molar-refractivity contribution in [1.82, 2.24) is 0 Å². The molecule has 3 aliphatic rings. The lowest BCUT2D eigenvalue weighted by molar-refractivity contribution is -0.123. The van der Waals surface area contributed by atoms with Gasteiger partial charge >= 0.3 is 5.97 Å². The maximum atomic E-state index is 13.0. The van der Waals surface area contributed by atoms with Crippen LogP contribution < -0.4 is 10.2 Å². The highest BCUT2D eigenvalue weighted by atomic mass is 16.5. The summed E-state index contributed by atoms with van der Waals surface area (Å²) in [6.07, 6.45) is 2.99. The largest absolute Gasteiger partial charge is 0.452 e. The Kier molecular flexibility index (Phi) is 5.27. The third-order valence-corrected chi connectivity index (χ3v) is 7.48. The van der Waals surface area contributed by atoms with Crippen LogP contribution >= 0.6 is 0 Å². The van der Waals surface area contributed by atoms with E-state index in [1.807, 2.05) is 26.0 Å². The van der Waals surface area contributed by atoms with Crippen molar-refractivity contribution in [2.24, 2.45) is 23.7 Å². The number of imide groups is 1. The van der Waals surface area contributed by atoms with Crippen LogP contribution in [0, 0.1) is 37.5 Å². The Balaban J connectivity index is 1.25. The Morgan fingerprint density at radius 2 is 1.67 bits per heavy atom. The van der Waals surface area contributed by atoms with Crippen LogP contribution in [-0.2, 0) is 19.1 Å². The summed E-state index contributed by atoms with van der Waals surface area (Å²) < 4.78 is 5.18. The van der Waals surface area contributed by atoms with E-state index in [0.29, 0.717) is 23.2 Å². The zero-order valence-electron chi connectivity index (χ0n) is 18.7. The molecular weight excluding hydrogens is 420 g/mol. The van der Waals surface area contributed by atoms with Gasteiger partial charge in [-0.25, -0.2) is 4.79 Å². The summed E-state index contributed by atoms with van der Waals surface area (Å²) in [5, 5.41) is 2.75. The van der Waals surface area contributed by atoms with Crippen molar-refractivity contribution in [2.75, 3.05) is 16.8 Å². The minimum atomic E-state index is -0.688. The molecule has 0 spiro atoms. The van der Waals surface area contributed by atoms with Gasteiger partial charge in [-0.15, -0.1) is 0 Å². The quantitative estimate of drug-likeness (QED) is 0.559. The van der Waals surface area contributed by atoms with Gasteiger partial charge in [-0.2, -0.15) is 0 Å². The first-order valence-electron chi connectivity index (χ1n) is 11.4. The van der Waals surface area contributed by atoms with Crippen LogP contribution in [0.1, 0.15) is 40.7 Å². The smallest absolute Gasteiger partial charge is 0.338 e. The second-order valence-electron chi connectivity index (χ2n) is 9.32. The van der Waals surface area contributed by atoms with E-state index in [4.69, 9.17) is 4.74 Å². The van der Waals surface area contributed by atoms with E-state index in [0.717, 1.165) is 30.4 Å². The molecule has 2 saturated carbocycles. The van der Waals surface area contributed by atoms with E-state index in [1.54, 1.807) is 24.3 Å². The van der Waals surface area contributed by atoms with E-state index in [2.05, 4.69) is 5.32 Å². The van der Waals surface area contributed by atoms with Crippen LogP contribution in [0.25, 0.3) is 0 Å². The number of carbonyl (C=O) groups is 4. The van der Waals surface area contributed by atoms with E-state index < -0.39 is 18.5 Å². The van der Waals surface area contributed by atoms with Crippen LogP contribution in [0.4, 0.5) is 11.4 Å². The fraction of sp³-hybridized carbons (Fsp3) is 0.385. The lowest BCUT2D eigenvalue weighted by Gasteiger charge is -2.19. The third-order valence-electron chi connectivity index (χ3n) is 7.48. The molecule has 1 aliphatic heterocycles. The van der Waals surface area contributed by atoms with Crippen molar-refractivity contribution in [3.05, 3.63) is 59.2 Å². The number of esters is 1. The minimum Gasteiger partial charge on any atom is -0.452 e. The van der Waals surface area contributed by atoms with Crippen LogP contribution in [0.2, 0.25) is 0 Å². The molecule has 33 heavy (non-hydrogen) atoms. The normalized spacial score (nSPS) is 25.3. The van der Waals surface area contributed by atoms with Crippen molar-refractivity contribution in [3.8, 4) is 0 Å². The molecule has 4 atom stereocenters. The molecule has 3 amide bonds. The number of hydrogen-bond acceptors (Lipinski definition) is 5. The third kappa shape index (κ3) is 3.61. The van der Waals surface area contributed by atoms with Crippen molar-refractivity contribution in [3.63, 3.8) is 0 Å². The van der Waals surface area contributed by atoms with E-state index in [-0.39, 0.29) is 29.2 Å². The lowest BCUT2D eigenvalue weighted by Crippen LogP contribution is -2.32. The Hall–Kier alpha value is -3.48. The van der Waals surface area contributed by atoms with Gasteiger partial charge in [0.1, 0.15) is 0 Å². The molecule has 3 fully saturated rings. The number of nitrogens with one attached hydrogen (secondary N) is 1. The number of fused-ring (bicyclic) bond motifs is 5. The molecule has 0 radical (unpaired) electrons. The highest BCUT2D eigenvalue weighted by Gasteiger charge is 2.61. The number of amides is 3. The van der Waals surface area contributed by atoms with Gasteiger partial charge in [0.05, 0.1) is 23.1 Å². The summed E-state index contributed by atoms with van der Waals surface area (Å²) in [6, 6.07) is 11.9. The molecule has 2 bridgehead atoms. The summed E-state index contributed by atoms with van der Waals surface area (Å²) >= 11 is 0. The topological polar surface area (TPSA) is 92.8 Å². The summed E-state index contributed by atoms with van der Waals surface area (Å²) in [5.41, 5.74) is 3.23. The van der Waals surface area contributed by atoms with E-state index >= 15 is 0 Å². The minimum absolute atomic E-state index is 0.157. The van der Waals surface area contributed by atoms with Crippen molar-refractivity contribution >= 4 is 35.1 Å². The van der Waals surface area contributed by atoms with Gasteiger partial charge in [-0.05, 0) is 80.3 Å². The molecule has 7 nitrogen and oxygen atoms in total. The first kappa shape index (κ1) is 21.4. The Labute approximate surface area is 192 Å². The maximum Gasteiger partial charge on any atom is 0.338 e. The Bertz CT molecular complexity index is 1150. The average molecular weight is 447 g/mol. The summed E-state index contributed by atoms with van der Waals surface area (Å²) in [7, 11) is 0. The average Bonchev–Trinajstić information content (AvgIpc) is 3.49. The highest BCUT2D eigenvalue weighted by Crippen LogP contribution is 2.56. The number of hydrogen-bond donors (Lipinski definition) is 1. The number of anilines is 2. The van der Waals surface area contributed by atoms with Gasteiger partial charge in [0.2, 0.25) is 11.8 Å². The molecule has 1 N–H and O–H groups in total. The predicted molar refractivity (Wildman–Crippen MR) is 122 cm³/mol. The Morgan fingerprint density at radius 1 is 1.00 bits per heavy atom. The van der Waals surface area contributed by atoms with Gasteiger partial charge in [0, 0.05) is 5.69 Å². The van der Waals surface area contributed by atoms with Crippen LogP contribution in [0.3, 0.4) is 0 Å². The molecule has 0 aromatic heterocycles. The number of carbonyl (C=O) groups excluding carboxylic acids is 4. The highest BCUT2D eigenvalue weighted by molar-refractivity contribution is 6.22. The summed E-state index contributed by atoms with van der Waals surface area (Å²) in [5.74, 6) is -1.29. The second-order valence-corrected chi connectivity index (χ2v) is 9.32. The Morgan fingerprint density at radius 3 is 2.36 bits per heavy atom. The van der Waals surface area contributed by atoms with Gasteiger partial charge in [-0.3, -0.25) is 19.3 Å². The van der Waals surface area contributed by atoms with Gasteiger partial charge in [0.15, 0.2) is 6.61 Å². The predicted octanol–water partition coefficient (Wildman–Crippen LogP) is 3.63. The first-order chi connectivity index (χ1) is 15.8. The van der Waals surface area contributed by atoms with Crippen LogP contribution in [0.15, 0.2) is 42.5 Å². The SMILES string of the molecule is Cc1cccc(NC(=O)COC(=O)c2cccc(N3C(=O)[C@H]4[C@H]5CC[C@@H](C5)[C@@H]4C3=O)c2)c1C. The molecule has 2 aliphatic carbocycles. The fourth-order valence-corrected chi connectivity index (χ4v) is 5.72. The monoisotopic (exact) mass is 446 g/mol. The lowest BCUT2D eigenvalue weighted by atomic mass is 9.81. The molecule has 2 aromatic carbocycles. The maximum absolute atomic E-state index is 13.0. The number of nitrogens with zero attached hydrogens (tertiary/aromatic N) is 1. The summed E-state index contributed by atoms with van der Waals surface area (Å²) in [4.78, 5) is 52.2. The van der Waals surface area contributed by atoms with Gasteiger partial charge in [0.25, 0.3) is 5.91 Å². The van der Waals surface area contributed by atoms with Crippen molar-refractivity contribution in [1.29, 1.82) is 0 Å². The van der Waals surface area contributed by atoms with Crippen LogP contribution in [0.5, 0.6) is 0 Å².